The van der Waals surface area contributed by atoms with Crippen molar-refractivity contribution in [3.63, 3.8) is 0 Å². The second kappa shape index (κ2) is 5.26. The first-order chi connectivity index (χ1) is 8.86. The summed E-state index contributed by atoms with van der Waals surface area (Å²) in [5.74, 6) is 1.67. The van der Waals surface area contributed by atoms with Crippen LogP contribution in [0.5, 0.6) is 0 Å². The van der Waals surface area contributed by atoms with Gasteiger partial charge < -0.3 is 21.1 Å². The average molecular weight is 251 g/mol. The number of rotatable bonds is 5. The Kier molecular flexibility index (Phi) is 3.49. The molecule has 1 aromatic rings. The van der Waals surface area contributed by atoms with Crippen LogP contribution in [0.2, 0.25) is 0 Å². The quantitative estimate of drug-likeness (QED) is 0.676. The minimum atomic E-state index is 0.248. The SMILES string of the molecule is NC[C@@H]1C[C@H](CNc2ccnn2C2CNC2)CO1. The van der Waals surface area contributed by atoms with Gasteiger partial charge in [-0.05, 0) is 6.42 Å². The van der Waals surface area contributed by atoms with E-state index in [2.05, 4.69) is 20.4 Å². The van der Waals surface area contributed by atoms with E-state index in [0.29, 0.717) is 18.5 Å². The molecule has 0 aliphatic carbocycles. The molecule has 0 saturated carbocycles. The minimum absolute atomic E-state index is 0.248. The van der Waals surface area contributed by atoms with Crippen LogP contribution in [0.3, 0.4) is 0 Å². The predicted octanol–water partition coefficient (Wildman–Crippen LogP) is -0.197. The van der Waals surface area contributed by atoms with Crippen molar-refractivity contribution >= 4 is 5.82 Å². The molecule has 2 atom stereocenters. The lowest BCUT2D eigenvalue weighted by molar-refractivity contribution is 0.113. The fourth-order valence-corrected chi connectivity index (χ4v) is 2.53. The summed E-state index contributed by atoms with van der Waals surface area (Å²) >= 11 is 0. The first-order valence-corrected chi connectivity index (χ1v) is 6.66. The molecule has 2 aliphatic heterocycles. The summed E-state index contributed by atoms with van der Waals surface area (Å²) in [4.78, 5) is 0. The van der Waals surface area contributed by atoms with E-state index in [4.69, 9.17) is 10.5 Å². The Morgan fingerprint density at radius 2 is 2.44 bits per heavy atom. The maximum atomic E-state index is 5.61. The van der Waals surface area contributed by atoms with Crippen LogP contribution in [0.1, 0.15) is 12.5 Å². The highest BCUT2D eigenvalue weighted by atomic mass is 16.5. The van der Waals surface area contributed by atoms with Gasteiger partial charge in [0.1, 0.15) is 5.82 Å². The van der Waals surface area contributed by atoms with Gasteiger partial charge in [-0.1, -0.05) is 0 Å². The Morgan fingerprint density at radius 3 is 3.11 bits per heavy atom. The van der Waals surface area contributed by atoms with Crippen LogP contribution in [-0.4, -0.2) is 48.7 Å². The van der Waals surface area contributed by atoms with Crippen molar-refractivity contribution in [2.24, 2.45) is 11.7 Å². The van der Waals surface area contributed by atoms with Gasteiger partial charge in [-0.2, -0.15) is 5.10 Å². The zero-order valence-corrected chi connectivity index (χ0v) is 10.5. The fourth-order valence-electron chi connectivity index (χ4n) is 2.53. The van der Waals surface area contributed by atoms with E-state index in [-0.39, 0.29) is 6.10 Å². The molecule has 0 amide bonds. The molecule has 0 aromatic carbocycles. The van der Waals surface area contributed by atoms with Crippen molar-refractivity contribution in [3.05, 3.63) is 12.3 Å². The lowest BCUT2D eigenvalue weighted by Gasteiger charge is -2.29. The molecular formula is C12H21N5O. The summed E-state index contributed by atoms with van der Waals surface area (Å²) in [6.07, 6.45) is 3.16. The summed E-state index contributed by atoms with van der Waals surface area (Å²) in [7, 11) is 0. The van der Waals surface area contributed by atoms with Gasteiger partial charge in [0.25, 0.3) is 0 Å². The van der Waals surface area contributed by atoms with E-state index in [1.54, 1.807) is 0 Å². The Balaban J connectivity index is 1.52. The number of hydrogen-bond acceptors (Lipinski definition) is 5. The Hall–Kier alpha value is -1.11. The molecule has 2 fully saturated rings. The van der Waals surface area contributed by atoms with Crippen molar-refractivity contribution in [2.45, 2.75) is 18.6 Å². The standard InChI is InChI=1S/C12H21N5O/c13-4-11-3-9(8-18-11)5-15-12-1-2-16-17(12)10-6-14-7-10/h1-2,9-11,14-15H,3-8,13H2/t9-,11+/m1/s1. The van der Waals surface area contributed by atoms with Crippen molar-refractivity contribution in [3.8, 4) is 0 Å². The molecule has 6 heteroatoms. The fraction of sp³-hybridized carbons (Fsp3) is 0.750. The molecule has 0 radical (unpaired) electrons. The zero-order valence-electron chi connectivity index (χ0n) is 10.5. The van der Waals surface area contributed by atoms with Crippen LogP contribution in [0.25, 0.3) is 0 Å². The molecule has 3 rings (SSSR count). The Labute approximate surface area is 107 Å². The molecule has 4 N–H and O–H groups in total. The minimum Gasteiger partial charge on any atom is -0.377 e. The van der Waals surface area contributed by atoms with Crippen LogP contribution in [-0.2, 0) is 4.74 Å². The van der Waals surface area contributed by atoms with Gasteiger partial charge in [-0.3, -0.25) is 0 Å². The predicted molar refractivity (Wildman–Crippen MR) is 69.5 cm³/mol. The van der Waals surface area contributed by atoms with Crippen LogP contribution < -0.4 is 16.4 Å². The van der Waals surface area contributed by atoms with E-state index >= 15 is 0 Å². The molecule has 2 aliphatic rings. The molecule has 0 spiro atoms. The topological polar surface area (TPSA) is 77.1 Å². The molecule has 2 saturated heterocycles. The van der Waals surface area contributed by atoms with Gasteiger partial charge in [0.05, 0.1) is 24.9 Å². The monoisotopic (exact) mass is 251 g/mol. The maximum absolute atomic E-state index is 5.61. The first-order valence-electron chi connectivity index (χ1n) is 6.66. The highest BCUT2D eigenvalue weighted by Crippen LogP contribution is 2.21. The van der Waals surface area contributed by atoms with Gasteiger partial charge in [0.15, 0.2) is 0 Å². The first kappa shape index (κ1) is 12.0. The maximum Gasteiger partial charge on any atom is 0.124 e. The lowest BCUT2D eigenvalue weighted by atomic mass is 10.1. The van der Waals surface area contributed by atoms with Gasteiger partial charge >= 0.3 is 0 Å². The van der Waals surface area contributed by atoms with Crippen LogP contribution in [0.15, 0.2) is 12.3 Å². The molecule has 0 unspecified atom stereocenters. The Bertz CT molecular complexity index is 390. The average Bonchev–Trinajstić information content (AvgIpc) is 2.93. The highest BCUT2D eigenvalue weighted by molar-refractivity contribution is 5.35. The summed E-state index contributed by atoms with van der Waals surface area (Å²) in [5, 5.41) is 11.1. The van der Waals surface area contributed by atoms with Crippen LogP contribution >= 0.6 is 0 Å². The summed E-state index contributed by atoms with van der Waals surface area (Å²) in [6, 6.07) is 2.54. The molecule has 100 valence electrons. The number of nitrogens with two attached hydrogens (primary N) is 1. The van der Waals surface area contributed by atoms with E-state index in [0.717, 1.165) is 38.5 Å². The molecule has 3 heterocycles. The van der Waals surface area contributed by atoms with Crippen molar-refractivity contribution in [2.75, 3.05) is 38.1 Å². The summed E-state index contributed by atoms with van der Waals surface area (Å²) < 4.78 is 7.67. The molecule has 1 aromatic heterocycles. The smallest absolute Gasteiger partial charge is 0.124 e. The van der Waals surface area contributed by atoms with Crippen LogP contribution in [0.4, 0.5) is 5.82 Å². The van der Waals surface area contributed by atoms with Crippen LogP contribution in [0, 0.1) is 5.92 Å². The number of nitrogens with one attached hydrogen (secondary N) is 2. The normalized spacial score (nSPS) is 28.3. The van der Waals surface area contributed by atoms with E-state index in [1.165, 1.54) is 0 Å². The molecular weight excluding hydrogens is 230 g/mol. The largest absolute Gasteiger partial charge is 0.377 e. The lowest BCUT2D eigenvalue weighted by Crippen LogP contribution is -2.44. The molecule has 6 nitrogen and oxygen atoms in total. The summed E-state index contributed by atoms with van der Waals surface area (Å²) in [5.41, 5.74) is 5.61. The number of nitrogens with zero attached hydrogens (tertiary/aromatic N) is 2. The van der Waals surface area contributed by atoms with Crippen molar-refractivity contribution in [1.82, 2.24) is 15.1 Å². The number of ether oxygens (including phenoxy) is 1. The van der Waals surface area contributed by atoms with Crippen molar-refractivity contribution < 1.29 is 4.74 Å². The highest BCUT2D eigenvalue weighted by Gasteiger charge is 2.25. The van der Waals surface area contributed by atoms with Gasteiger partial charge in [0, 0.05) is 38.2 Å². The zero-order chi connectivity index (χ0) is 12.4. The van der Waals surface area contributed by atoms with Gasteiger partial charge in [-0.25, -0.2) is 4.68 Å². The number of hydrogen-bond donors (Lipinski definition) is 3. The molecule has 0 bridgehead atoms. The number of anilines is 1. The third-order valence-electron chi connectivity index (χ3n) is 3.77. The third-order valence-corrected chi connectivity index (χ3v) is 3.77. The second-order valence-corrected chi connectivity index (χ2v) is 5.15. The van der Waals surface area contributed by atoms with Crippen molar-refractivity contribution in [1.29, 1.82) is 0 Å². The second-order valence-electron chi connectivity index (χ2n) is 5.15. The third kappa shape index (κ3) is 2.36. The van der Waals surface area contributed by atoms with Gasteiger partial charge in [-0.15, -0.1) is 0 Å². The van der Waals surface area contributed by atoms with E-state index in [9.17, 15) is 0 Å². The summed E-state index contributed by atoms with van der Waals surface area (Å²) in [6.45, 7) is 4.40. The van der Waals surface area contributed by atoms with Gasteiger partial charge in [0.2, 0.25) is 0 Å². The number of aromatic nitrogens is 2. The molecule has 18 heavy (non-hydrogen) atoms. The Morgan fingerprint density at radius 1 is 1.56 bits per heavy atom. The van der Waals surface area contributed by atoms with E-state index < -0.39 is 0 Å². The van der Waals surface area contributed by atoms with E-state index in [1.807, 2.05) is 12.3 Å².